The first-order valence-electron chi connectivity index (χ1n) is 6.92. The van der Waals surface area contributed by atoms with Crippen LogP contribution in [0.1, 0.15) is 30.7 Å². The van der Waals surface area contributed by atoms with Gasteiger partial charge in [0.15, 0.2) is 0 Å². The molecule has 0 heterocycles. The summed E-state index contributed by atoms with van der Waals surface area (Å²) < 4.78 is 0. The second-order valence-corrected chi connectivity index (χ2v) is 5.31. The summed E-state index contributed by atoms with van der Waals surface area (Å²) in [5.41, 5.74) is 3.37. The average Bonchev–Trinajstić information content (AvgIpc) is 2.47. The number of hydrogen-bond acceptors (Lipinski definition) is 2. The molecule has 0 unspecified atom stereocenters. The van der Waals surface area contributed by atoms with E-state index in [1.807, 2.05) is 36.4 Å². The lowest BCUT2D eigenvalue weighted by molar-refractivity contribution is -0.130. The van der Waals surface area contributed by atoms with Crippen LogP contribution in [0.4, 0.5) is 0 Å². The Bertz CT molecular complexity index is 627. The zero-order valence-corrected chi connectivity index (χ0v) is 11.2. The summed E-state index contributed by atoms with van der Waals surface area (Å²) in [6.07, 6.45) is 1.08. The zero-order chi connectivity index (χ0) is 13.9. The van der Waals surface area contributed by atoms with Crippen LogP contribution in [-0.2, 0) is 9.59 Å². The van der Waals surface area contributed by atoms with Gasteiger partial charge in [-0.25, -0.2) is 0 Å². The van der Waals surface area contributed by atoms with Crippen molar-refractivity contribution in [2.75, 3.05) is 0 Å². The lowest BCUT2D eigenvalue weighted by atomic mass is 9.80. The van der Waals surface area contributed by atoms with Gasteiger partial charge in [-0.2, -0.15) is 0 Å². The Morgan fingerprint density at radius 1 is 0.750 bits per heavy atom. The second-order valence-electron chi connectivity index (χ2n) is 5.31. The molecule has 20 heavy (non-hydrogen) atoms. The van der Waals surface area contributed by atoms with Crippen molar-refractivity contribution in [3.63, 3.8) is 0 Å². The largest absolute Gasteiger partial charge is 0.299 e. The third kappa shape index (κ3) is 2.55. The highest BCUT2D eigenvalue weighted by Gasteiger charge is 2.27. The molecule has 0 bridgehead atoms. The first-order chi connectivity index (χ1) is 9.74. The molecule has 1 fully saturated rings. The molecule has 0 aliphatic heterocycles. The van der Waals surface area contributed by atoms with Gasteiger partial charge in [0, 0.05) is 12.8 Å². The number of carbonyl (C=O) groups is 2. The topological polar surface area (TPSA) is 34.1 Å². The highest BCUT2D eigenvalue weighted by Crippen LogP contribution is 2.35. The maximum Gasteiger partial charge on any atom is 0.140 e. The second kappa shape index (κ2) is 5.41. The number of hydrogen-bond donors (Lipinski definition) is 0. The van der Waals surface area contributed by atoms with Crippen LogP contribution < -0.4 is 0 Å². The van der Waals surface area contributed by atoms with E-state index >= 15 is 0 Å². The lowest BCUT2D eigenvalue weighted by Crippen LogP contribution is -2.21. The van der Waals surface area contributed by atoms with E-state index < -0.39 is 0 Å². The normalized spacial score (nSPS) is 16.4. The summed E-state index contributed by atoms with van der Waals surface area (Å²) in [4.78, 5) is 23.4. The van der Waals surface area contributed by atoms with Gasteiger partial charge in [0.1, 0.15) is 11.6 Å². The van der Waals surface area contributed by atoms with Crippen LogP contribution in [0.25, 0.3) is 11.1 Å². The van der Waals surface area contributed by atoms with E-state index in [2.05, 4.69) is 18.2 Å². The van der Waals surface area contributed by atoms with E-state index in [9.17, 15) is 9.59 Å². The van der Waals surface area contributed by atoms with Crippen LogP contribution in [0.2, 0.25) is 0 Å². The predicted octanol–water partition coefficient (Wildman–Crippen LogP) is 3.76. The number of carbonyl (C=O) groups excluding carboxylic acids is 2. The highest BCUT2D eigenvalue weighted by molar-refractivity contribution is 6.02. The van der Waals surface area contributed by atoms with Gasteiger partial charge < -0.3 is 0 Å². The standard InChI is InChI=1S/C18H16O2/c19-15-10-14(11-16(20)12-15)18-9-5-4-8-17(18)13-6-2-1-3-7-13/h1-9,14H,10-12H2. The maximum absolute atomic E-state index is 11.7. The number of ketones is 2. The van der Waals surface area contributed by atoms with Gasteiger partial charge in [-0.3, -0.25) is 9.59 Å². The molecule has 0 saturated heterocycles. The molecule has 0 atom stereocenters. The molecule has 0 radical (unpaired) electrons. The summed E-state index contributed by atoms with van der Waals surface area (Å²) in [5, 5.41) is 0. The number of rotatable bonds is 2. The molecule has 1 saturated carbocycles. The molecule has 2 heteroatoms. The smallest absolute Gasteiger partial charge is 0.140 e. The van der Waals surface area contributed by atoms with Gasteiger partial charge in [-0.1, -0.05) is 54.6 Å². The third-order valence-corrected chi connectivity index (χ3v) is 3.83. The Labute approximate surface area is 118 Å². The summed E-state index contributed by atoms with van der Waals surface area (Å²) in [5.74, 6) is 0.156. The summed E-state index contributed by atoms with van der Waals surface area (Å²) in [6, 6.07) is 18.2. The van der Waals surface area contributed by atoms with E-state index in [0.29, 0.717) is 12.8 Å². The first kappa shape index (κ1) is 12.8. The van der Waals surface area contributed by atoms with Gasteiger partial charge in [0.2, 0.25) is 0 Å². The van der Waals surface area contributed by atoms with Crippen molar-refractivity contribution in [1.29, 1.82) is 0 Å². The molecule has 0 N–H and O–H groups in total. The van der Waals surface area contributed by atoms with Crippen molar-refractivity contribution in [1.82, 2.24) is 0 Å². The lowest BCUT2D eigenvalue weighted by Gasteiger charge is -2.23. The molecule has 1 aliphatic rings. The minimum atomic E-state index is 0.0279. The Morgan fingerprint density at radius 3 is 2.05 bits per heavy atom. The summed E-state index contributed by atoms with van der Waals surface area (Å²) >= 11 is 0. The minimum Gasteiger partial charge on any atom is -0.299 e. The summed E-state index contributed by atoms with van der Waals surface area (Å²) in [7, 11) is 0. The molecular weight excluding hydrogens is 248 g/mol. The molecule has 2 aromatic rings. The van der Waals surface area contributed by atoms with Crippen molar-refractivity contribution >= 4 is 11.6 Å². The molecule has 100 valence electrons. The fourth-order valence-electron chi connectivity index (χ4n) is 2.94. The van der Waals surface area contributed by atoms with Gasteiger partial charge in [-0.15, -0.1) is 0 Å². The maximum atomic E-state index is 11.7. The van der Waals surface area contributed by atoms with E-state index in [0.717, 1.165) is 16.7 Å². The highest BCUT2D eigenvalue weighted by atomic mass is 16.1. The van der Waals surface area contributed by atoms with Crippen molar-refractivity contribution < 1.29 is 9.59 Å². The van der Waals surface area contributed by atoms with E-state index in [1.165, 1.54) is 0 Å². The van der Waals surface area contributed by atoms with Crippen molar-refractivity contribution in [3.8, 4) is 11.1 Å². The Morgan fingerprint density at radius 2 is 1.35 bits per heavy atom. The Kier molecular flexibility index (Phi) is 3.46. The average molecular weight is 264 g/mol. The van der Waals surface area contributed by atoms with Gasteiger partial charge >= 0.3 is 0 Å². The van der Waals surface area contributed by atoms with Gasteiger partial charge in [0.05, 0.1) is 6.42 Å². The van der Waals surface area contributed by atoms with E-state index in [4.69, 9.17) is 0 Å². The van der Waals surface area contributed by atoms with E-state index in [-0.39, 0.29) is 23.9 Å². The molecule has 0 aromatic heterocycles. The fourth-order valence-corrected chi connectivity index (χ4v) is 2.94. The monoisotopic (exact) mass is 264 g/mol. The van der Waals surface area contributed by atoms with Crippen LogP contribution in [0, 0.1) is 0 Å². The van der Waals surface area contributed by atoms with Gasteiger partial charge in [0.25, 0.3) is 0 Å². The number of benzene rings is 2. The Balaban J connectivity index is 2.02. The quantitative estimate of drug-likeness (QED) is 0.774. The molecule has 2 aromatic carbocycles. The molecule has 3 rings (SSSR count). The predicted molar refractivity (Wildman–Crippen MR) is 78.5 cm³/mol. The molecule has 1 aliphatic carbocycles. The van der Waals surface area contributed by atoms with Crippen molar-refractivity contribution in [3.05, 3.63) is 60.2 Å². The van der Waals surface area contributed by atoms with Crippen molar-refractivity contribution in [2.24, 2.45) is 0 Å². The SMILES string of the molecule is O=C1CC(=O)CC(c2ccccc2-c2ccccc2)C1. The van der Waals surface area contributed by atoms with Crippen LogP contribution in [-0.4, -0.2) is 11.6 Å². The van der Waals surface area contributed by atoms with Crippen LogP contribution >= 0.6 is 0 Å². The third-order valence-electron chi connectivity index (χ3n) is 3.83. The Hall–Kier alpha value is -2.22. The number of Topliss-reactive ketones (excluding diaryl/α,β-unsaturated/α-hetero) is 2. The molecule has 0 spiro atoms. The van der Waals surface area contributed by atoms with E-state index in [1.54, 1.807) is 0 Å². The van der Waals surface area contributed by atoms with Crippen LogP contribution in [0.5, 0.6) is 0 Å². The van der Waals surface area contributed by atoms with Crippen molar-refractivity contribution in [2.45, 2.75) is 25.2 Å². The molecular formula is C18H16O2. The first-order valence-corrected chi connectivity index (χ1v) is 6.92. The van der Waals surface area contributed by atoms with Gasteiger partial charge in [-0.05, 0) is 22.6 Å². The van der Waals surface area contributed by atoms with Crippen LogP contribution in [0.3, 0.4) is 0 Å². The molecule has 2 nitrogen and oxygen atoms in total. The minimum absolute atomic E-state index is 0.0279. The molecule has 0 amide bonds. The zero-order valence-electron chi connectivity index (χ0n) is 11.2. The van der Waals surface area contributed by atoms with Crippen LogP contribution in [0.15, 0.2) is 54.6 Å². The fraction of sp³-hybridized carbons (Fsp3) is 0.222. The summed E-state index contributed by atoms with van der Waals surface area (Å²) in [6.45, 7) is 0.